The third-order valence-corrected chi connectivity index (χ3v) is 7.27. The lowest BCUT2D eigenvalue weighted by atomic mass is 9.66. The number of benzene rings is 3. The maximum absolute atomic E-state index is 6.65. The number of hydrogen-bond donors (Lipinski definition) is 0. The lowest BCUT2D eigenvalue weighted by Gasteiger charge is -2.37. The second-order valence-electron chi connectivity index (χ2n) is 10.8. The second-order valence-corrected chi connectivity index (χ2v) is 12.0. The number of aryl methyl sites for hydroxylation is 3. The Bertz CT molecular complexity index is 1020. The Labute approximate surface area is 235 Å². The van der Waals surface area contributed by atoms with Crippen LogP contribution in [0.4, 0.5) is 0 Å². The zero-order chi connectivity index (χ0) is 27.1. The zero-order valence-corrected chi connectivity index (χ0v) is 24.6. The Morgan fingerprint density at radius 3 is 1.22 bits per heavy atom. The van der Waals surface area contributed by atoms with Crippen molar-refractivity contribution in [2.24, 2.45) is 0 Å². The van der Waals surface area contributed by atoms with Gasteiger partial charge >= 0.3 is 0 Å². The fraction of sp³-hybridized carbons (Fsp3) is 0.419. The number of rotatable bonds is 8. The molecule has 0 aliphatic heterocycles. The zero-order valence-electron chi connectivity index (χ0n) is 22.3. The summed E-state index contributed by atoms with van der Waals surface area (Å²) in [5, 5.41) is 2.38. The first-order valence-corrected chi connectivity index (χ1v) is 13.3. The Hall–Kier alpha value is -1.45. The molecular formula is C31H43BCl3N. The van der Waals surface area contributed by atoms with Crippen molar-refractivity contribution in [3.05, 3.63) is 103 Å². The molecule has 0 aliphatic carbocycles. The molecule has 0 heterocycles. The molecule has 0 saturated heterocycles. The van der Waals surface area contributed by atoms with Gasteiger partial charge in [-0.2, -0.15) is 6.32 Å². The van der Waals surface area contributed by atoms with Gasteiger partial charge < -0.3 is 4.48 Å². The highest BCUT2D eigenvalue weighted by Gasteiger charge is 2.37. The third kappa shape index (κ3) is 8.28. The van der Waals surface area contributed by atoms with E-state index in [2.05, 4.69) is 82.8 Å². The maximum atomic E-state index is 6.65. The molecule has 196 valence electrons. The molecule has 3 rings (SSSR count). The summed E-state index contributed by atoms with van der Waals surface area (Å²) in [7, 11) is 8.98. The van der Waals surface area contributed by atoms with Crippen LogP contribution in [0.3, 0.4) is 0 Å². The van der Waals surface area contributed by atoms with E-state index in [1.54, 1.807) is 0 Å². The van der Waals surface area contributed by atoms with E-state index in [1.807, 2.05) is 20.8 Å². The summed E-state index contributed by atoms with van der Waals surface area (Å²) in [6, 6.07) is 19.5. The number of hydrogen-bond acceptors (Lipinski definition) is 0. The normalized spacial score (nSPS) is 11.8. The van der Waals surface area contributed by atoms with Gasteiger partial charge in [0.1, 0.15) is 0 Å². The summed E-state index contributed by atoms with van der Waals surface area (Å²) in [6.07, 6.45) is 6.19. The number of unbranched alkanes of at least 4 members (excludes halogenated alkanes) is 2. The highest BCUT2D eigenvalue weighted by atomic mass is 35.5. The molecule has 36 heavy (non-hydrogen) atoms. The molecule has 0 bridgehead atoms. The van der Waals surface area contributed by atoms with Crippen molar-refractivity contribution in [1.29, 1.82) is 0 Å². The van der Waals surface area contributed by atoms with Crippen LogP contribution in [-0.4, -0.2) is 40.5 Å². The van der Waals surface area contributed by atoms with Crippen molar-refractivity contribution in [1.82, 2.24) is 0 Å². The molecule has 3 aromatic rings. The number of quaternary nitrogens is 1. The summed E-state index contributed by atoms with van der Waals surface area (Å²) in [6.45, 7) is 6.15. The Morgan fingerprint density at radius 2 is 0.944 bits per heavy atom. The highest BCUT2D eigenvalue weighted by Crippen LogP contribution is 2.46. The first kappa shape index (κ1) is 30.8. The van der Waals surface area contributed by atoms with E-state index in [4.69, 9.17) is 34.8 Å². The molecule has 3 aromatic carbocycles. The van der Waals surface area contributed by atoms with E-state index in [1.165, 1.54) is 35.9 Å². The van der Waals surface area contributed by atoms with Crippen molar-refractivity contribution >= 4 is 42.6 Å². The molecule has 0 radical (unpaired) electrons. The van der Waals surface area contributed by atoms with Gasteiger partial charge in [0, 0.05) is 20.5 Å². The van der Waals surface area contributed by atoms with Crippen LogP contribution < -0.4 is 0 Å². The van der Waals surface area contributed by atoms with E-state index in [-0.39, 0.29) is 5.41 Å². The first-order valence-electron chi connectivity index (χ1n) is 12.2. The highest BCUT2D eigenvalue weighted by molar-refractivity contribution is 6.32. The molecule has 0 aromatic heterocycles. The molecule has 0 atom stereocenters. The molecule has 0 saturated carbocycles. The number of halogens is 3. The van der Waals surface area contributed by atoms with Crippen LogP contribution in [0.25, 0.3) is 0 Å². The predicted molar refractivity (Wildman–Crippen MR) is 166 cm³/mol. The molecular weight excluding hydrogens is 504 g/mol. The van der Waals surface area contributed by atoms with E-state index >= 15 is 0 Å². The van der Waals surface area contributed by atoms with Gasteiger partial charge in [-0.1, -0.05) is 90.5 Å². The van der Waals surface area contributed by atoms with Gasteiger partial charge in [-0.3, -0.25) is 0 Å². The number of nitrogens with zero attached hydrogens (tertiary/aromatic N) is 1. The minimum Gasteiger partial charge on any atom is -0.333 e. The average molecular weight is 547 g/mol. The molecule has 1 nitrogen and oxygen atoms in total. The van der Waals surface area contributed by atoms with Crippen LogP contribution in [-0.2, 0) is 5.41 Å². The van der Waals surface area contributed by atoms with Crippen molar-refractivity contribution < 1.29 is 4.48 Å². The Balaban J connectivity index is 0.000000830. The monoisotopic (exact) mass is 545 g/mol. The minimum absolute atomic E-state index is 0.355. The van der Waals surface area contributed by atoms with Crippen molar-refractivity contribution in [2.45, 2.75) is 58.2 Å². The van der Waals surface area contributed by atoms with Crippen LogP contribution in [0.2, 0.25) is 21.4 Å². The van der Waals surface area contributed by atoms with Crippen LogP contribution >= 0.6 is 34.8 Å². The van der Waals surface area contributed by atoms with E-state index in [0.717, 1.165) is 49.1 Å². The van der Waals surface area contributed by atoms with Crippen molar-refractivity contribution in [2.75, 3.05) is 28.2 Å². The van der Waals surface area contributed by atoms with Gasteiger partial charge in [-0.25, -0.2) is 0 Å². The molecule has 5 heteroatoms. The van der Waals surface area contributed by atoms with Crippen LogP contribution in [0.15, 0.2) is 54.6 Å². The van der Waals surface area contributed by atoms with Crippen molar-refractivity contribution in [3.63, 3.8) is 0 Å². The second kappa shape index (κ2) is 13.4. The van der Waals surface area contributed by atoms with Crippen LogP contribution in [0, 0.1) is 20.8 Å². The molecule has 0 spiro atoms. The summed E-state index contributed by atoms with van der Waals surface area (Å²) in [5.41, 5.74) is 6.49. The van der Waals surface area contributed by atoms with Gasteiger partial charge in [-0.05, 0) is 86.6 Å². The van der Waals surface area contributed by atoms with Gasteiger partial charge in [0.15, 0.2) is 0 Å². The predicted octanol–water partition coefficient (Wildman–Crippen LogP) is 8.57. The van der Waals surface area contributed by atoms with Crippen LogP contribution in [0.5, 0.6) is 0 Å². The molecule has 0 N–H and O–H groups in total. The smallest absolute Gasteiger partial charge is 0.0675 e. The molecule has 0 unspecified atom stereocenters. The largest absolute Gasteiger partial charge is 0.333 e. The SMILES string of the molecule is C[N+](C)(C)C.[BH3-]CCCCCC(c1ccc(C)c(Cl)c1)(c1ccc(C)c(Cl)c1)c1ccc(C)c(Cl)c1. The maximum Gasteiger partial charge on any atom is 0.0675 e. The fourth-order valence-electron chi connectivity index (χ4n) is 4.07. The summed E-state index contributed by atoms with van der Waals surface area (Å²) < 4.78 is 1.00. The summed E-state index contributed by atoms with van der Waals surface area (Å²) in [4.78, 5) is 0. The molecule has 0 aliphatic rings. The topological polar surface area (TPSA) is 0 Å². The van der Waals surface area contributed by atoms with Gasteiger partial charge in [0.2, 0.25) is 0 Å². The molecule has 0 fully saturated rings. The summed E-state index contributed by atoms with van der Waals surface area (Å²) >= 11 is 19.9. The fourth-order valence-corrected chi connectivity index (χ4v) is 4.62. The lowest BCUT2D eigenvalue weighted by molar-refractivity contribution is -0.849. The third-order valence-electron chi connectivity index (χ3n) is 6.05. The van der Waals surface area contributed by atoms with E-state index in [0.29, 0.717) is 7.85 Å². The minimum atomic E-state index is -0.355. The quantitative estimate of drug-likeness (QED) is 0.115. The van der Waals surface area contributed by atoms with Gasteiger partial charge in [-0.15, -0.1) is 0 Å². The van der Waals surface area contributed by atoms with Crippen molar-refractivity contribution in [3.8, 4) is 0 Å². The van der Waals surface area contributed by atoms with Gasteiger partial charge in [0.05, 0.1) is 28.2 Å². The summed E-state index contributed by atoms with van der Waals surface area (Å²) in [5.74, 6) is 0. The van der Waals surface area contributed by atoms with Gasteiger partial charge in [0.25, 0.3) is 0 Å². The molecule has 0 amide bonds. The Morgan fingerprint density at radius 1 is 0.611 bits per heavy atom. The first-order chi connectivity index (χ1) is 16.8. The van der Waals surface area contributed by atoms with E-state index in [9.17, 15) is 0 Å². The standard InChI is InChI=1S/C27H31BCl3.C4H12N/c1-18-7-10-21(15-24(18)29)27(13-5-4-6-14-28,22-11-8-19(2)25(30)16-22)23-12-9-20(3)26(31)17-23;1-5(2,3)4/h7-12,15-17H,4-6,13-14H2,1-3,28H3;1-4H3/q-1;+1. The van der Waals surface area contributed by atoms with E-state index < -0.39 is 0 Å². The average Bonchev–Trinajstić information content (AvgIpc) is 2.79. The van der Waals surface area contributed by atoms with Crippen LogP contribution in [0.1, 0.15) is 59.1 Å². The Kier molecular flexibility index (Phi) is 11.4. The lowest BCUT2D eigenvalue weighted by Crippen LogP contribution is -2.30.